The predicted molar refractivity (Wildman–Crippen MR) is 98.7 cm³/mol. The molecule has 4 nitrogen and oxygen atoms in total. The minimum Gasteiger partial charge on any atom is -0.350 e. The summed E-state index contributed by atoms with van der Waals surface area (Å²) < 4.78 is 0.930. The molecule has 0 bridgehead atoms. The summed E-state index contributed by atoms with van der Waals surface area (Å²) in [7, 11) is 0. The molecule has 0 saturated heterocycles. The van der Waals surface area contributed by atoms with E-state index in [0.29, 0.717) is 25.2 Å². The summed E-state index contributed by atoms with van der Waals surface area (Å²) in [4.78, 5) is 25.6. The Balaban J connectivity index is 1.87. The lowest BCUT2D eigenvalue weighted by atomic mass is 10.1. The highest BCUT2D eigenvalue weighted by molar-refractivity contribution is 9.10. The largest absolute Gasteiger partial charge is 0.350 e. The number of aryl methyl sites for hydroxylation is 1. The molecule has 0 atom stereocenters. The second-order valence-corrected chi connectivity index (χ2v) is 6.60. The Bertz CT molecular complexity index is 696. The van der Waals surface area contributed by atoms with Crippen LogP contribution in [-0.2, 0) is 11.3 Å². The second-order valence-electron chi connectivity index (χ2n) is 5.69. The normalized spacial score (nSPS) is 10.3. The van der Waals surface area contributed by atoms with Crippen LogP contribution in [0.2, 0.25) is 0 Å². The van der Waals surface area contributed by atoms with Gasteiger partial charge in [-0.1, -0.05) is 45.8 Å². The Labute approximate surface area is 151 Å². The number of nitrogens with zero attached hydrogens (tertiary/aromatic N) is 1. The molecule has 0 heterocycles. The third-order valence-electron chi connectivity index (χ3n) is 3.71. The number of amides is 2. The second kappa shape index (κ2) is 8.64. The number of rotatable bonds is 6. The van der Waals surface area contributed by atoms with Crippen molar-refractivity contribution in [3.05, 3.63) is 69.7 Å². The van der Waals surface area contributed by atoms with Crippen LogP contribution >= 0.6 is 15.9 Å². The maximum absolute atomic E-state index is 12.1. The van der Waals surface area contributed by atoms with E-state index in [1.54, 1.807) is 24.0 Å². The van der Waals surface area contributed by atoms with E-state index >= 15 is 0 Å². The molecule has 24 heavy (non-hydrogen) atoms. The summed E-state index contributed by atoms with van der Waals surface area (Å²) in [5.74, 6) is -0.144. The molecule has 2 rings (SSSR count). The van der Waals surface area contributed by atoms with Crippen LogP contribution in [0.25, 0.3) is 0 Å². The number of benzene rings is 2. The van der Waals surface area contributed by atoms with Crippen molar-refractivity contribution in [1.82, 2.24) is 10.2 Å². The van der Waals surface area contributed by atoms with Gasteiger partial charge in [-0.3, -0.25) is 9.59 Å². The van der Waals surface area contributed by atoms with Crippen molar-refractivity contribution in [2.45, 2.75) is 20.4 Å². The lowest BCUT2D eigenvalue weighted by Crippen LogP contribution is -2.37. The average Bonchev–Trinajstić information content (AvgIpc) is 2.56. The van der Waals surface area contributed by atoms with E-state index in [0.717, 1.165) is 10.0 Å². The Hall–Kier alpha value is -2.14. The van der Waals surface area contributed by atoms with Gasteiger partial charge in [-0.2, -0.15) is 0 Å². The van der Waals surface area contributed by atoms with E-state index < -0.39 is 0 Å². The zero-order chi connectivity index (χ0) is 17.5. The van der Waals surface area contributed by atoms with E-state index in [2.05, 4.69) is 21.2 Å². The van der Waals surface area contributed by atoms with Crippen molar-refractivity contribution >= 4 is 27.7 Å². The molecule has 0 fully saturated rings. The monoisotopic (exact) mass is 388 g/mol. The molecule has 2 aromatic rings. The number of halogens is 1. The molecular formula is C19H21BrN2O2. The van der Waals surface area contributed by atoms with E-state index in [9.17, 15) is 9.59 Å². The first-order chi connectivity index (χ1) is 11.5. The SMILES string of the molecule is CC(=O)N(CCNC(=O)c1ccc(Br)cc1)Cc1ccc(C)cc1. The quantitative estimate of drug-likeness (QED) is 0.822. The molecule has 1 N–H and O–H groups in total. The minimum atomic E-state index is -0.138. The van der Waals surface area contributed by atoms with Gasteiger partial charge in [-0.25, -0.2) is 0 Å². The Morgan fingerprint density at radius 2 is 1.67 bits per heavy atom. The zero-order valence-corrected chi connectivity index (χ0v) is 15.5. The molecule has 5 heteroatoms. The molecule has 2 aromatic carbocycles. The highest BCUT2D eigenvalue weighted by Gasteiger charge is 2.11. The number of carbonyl (C=O) groups excluding carboxylic acids is 2. The third-order valence-corrected chi connectivity index (χ3v) is 4.24. The van der Waals surface area contributed by atoms with Gasteiger partial charge in [0.25, 0.3) is 5.91 Å². The van der Waals surface area contributed by atoms with Crippen LogP contribution in [0.3, 0.4) is 0 Å². The van der Waals surface area contributed by atoms with Crippen molar-refractivity contribution in [3.8, 4) is 0 Å². The summed E-state index contributed by atoms with van der Waals surface area (Å²) in [6, 6.07) is 15.3. The summed E-state index contributed by atoms with van der Waals surface area (Å²) in [6.07, 6.45) is 0. The van der Waals surface area contributed by atoms with Gasteiger partial charge < -0.3 is 10.2 Å². The van der Waals surface area contributed by atoms with Gasteiger partial charge in [0.1, 0.15) is 0 Å². The molecule has 0 aromatic heterocycles. The predicted octanol–water partition coefficient (Wildman–Crippen LogP) is 3.54. The maximum Gasteiger partial charge on any atom is 0.251 e. The lowest BCUT2D eigenvalue weighted by Gasteiger charge is -2.21. The molecule has 0 aliphatic heterocycles. The fraction of sp³-hybridized carbons (Fsp3) is 0.263. The molecule has 0 radical (unpaired) electrons. The molecule has 0 spiro atoms. The van der Waals surface area contributed by atoms with Crippen LogP contribution in [-0.4, -0.2) is 29.8 Å². The Morgan fingerprint density at radius 3 is 2.25 bits per heavy atom. The van der Waals surface area contributed by atoms with Crippen LogP contribution in [0.1, 0.15) is 28.4 Å². The zero-order valence-electron chi connectivity index (χ0n) is 13.9. The summed E-state index contributed by atoms with van der Waals surface area (Å²) in [5.41, 5.74) is 2.87. The van der Waals surface area contributed by atoms with Crippen molar-refractivity contribution in [2.24, 2.45) is 0 Å². The van der Waals surface area contributed by atoms with Gasteiger partial charge in [0.15, 0.2) is 0 Å². The third kappa shape index (κ3) is 5.49. The number of hydrogen-bond acceptors (Lipinski definition) is 2. The fourth-order valence-electron chi connectivity index (χ4n) is 2.27. The molecular weight excluding hydrogens is 368 g/mol. The first-order valence-corrected chi connectivity index (χ1v) is 8.60. The number of carbonyl (C=O) groups is 2. The first-order valence-electron chi connectivity index (χ1n) is 7.80. The smallest absolute Gasteiger partial charge is 0.251 e. The van der Waals surface area contributed by atoms with Crippen LogP contribution < -0.4 is 5.32 Å². The molecule has 0 aliphatic carbocycles. The van der Waals surface area contributed by atoms with Gasteiger partial charge in [-0.15, -0.1) is 0 Å². The summed E-state index contributed by atoms with van der Waals surface area (Å²) in [6.45, 7) is 5.02. The van der Waals surface area contributed by atoms with Crippen molar-refractivity contribution in [1.29, 1.82) is 0 Å². The first kappa shape index (κ1) is 18.2. The van der Waals surface area contributed by atoms with E-state index in [4.69, 9.17) is 0 Å². The average molecular weight is 389 g/mol. The van der Waals surface area contributed by atoms with Gasteiger partial charge >= 0.3 is 0 Å². The number of hydrogen-bond donors (Lipinski definition) is 1. The maximum atomic E-state index is 12.1. The summed E-state index contributed by atoms with van der Waals surface area (Å²) in [5, 5.41) is 2.85. The van der Waals surface area contributed by atoms with Gasteiger partial charge in [0.05, 0.1) is 0 Å². The van der Waals surface area contributed by atoms with Crippen LogP contribution in [0.4, 0.5) is 0 Å². The highest BCUT2D eigenvalue weighted by atomic mass is 79.9. The topological polar surface area (TPSA) is 49.4 Å². The van der Waals surface area contributed by atoms with Crippen LogP contribution in [0.5, 0.6) is 0 Å². The molecule has 0 unspecified atom stereocenters. The van der Waals surface area contributed by atoms with E-state index in [1.807, 2.05) is 43.3 Å². The van der Waals surface area contributed by atoms with Crippen LogP contribution in [0.15, 0.2) is 53.0 Å². The van der Waals surface area contributed by atoms with Crippen molar-refractivity contribution < 1.29 is 9.59 Å². The Kier molecular flexibility index (Phi) is 6.55. The molecule has 2 amide bonds. The standard InChI is InChI=1S/C19H21BrN2O2/c1-14-3-5-16(6-4-14)13-22(15(2)23)12-11-21-19(24)17-7-9-18(20)10-8-17/h3-10H,11-13H2,1-2H3,(H,21,24). The van der Waals surface area contributed by atoms with Gasteiger partial charge in [0, 0.05) is 36.6 Å². The Morgan fingerprint density at radius 1 is 1.04 bits per heavy atom. The minimum absolute atomic E-state index is 0.00605. The van der Waals surface area contributed by atoms with Crippen molar-refractivity contribution in [3.63, 3.8) is 0 Å². The van der Waals surface area contributed by atoms with E-state index in [1.165, 1.54) is 5.56 Å². The number of nitrogens with one attached hydrogen (secondary N) is 1. The fourth-order valence-corrected chi connectivity index (χ4v) is 2.53. The van der Waals surface area contributed by atoms with Gasteiger partial charge in [0.2, 0.25) is 5.91 Å². The van der Waals surface area contributed by atoms with Crippen molar-refractivity contribution in [2.75, 3.05) is 13.1 Å². The molecule has 126 valence electrons. The van der Waals surface area contributed by atoms with E-state index in [-0.39, 0.29) is 11.8 Å². The lowest BCUT2D eigenvalue weighted by molar-refractivity contribution is -0.129. The van der Waals surface area contributed by atoms with Gasteiger partial charge in [-0.05, 0) is 36.8 Å². The molecule has 0 aliphatic rings. The summed E-state index contributed by atoms with van der Waals surface area (Å²) >= 11 is 3.34. The highest BCUT2D eigenvalue weighted by Crippen LogP contribution is 2.10. The van der Waals surface area contributed by atoms with Crippen LogP contribution in [0, 0.1) is 6.92 Å². The molecule has 0 saturated carbocycles.